The maximum absolute atomic E-state index is 13.5. The van der Waals surface area contributed by atoms with Crippen LogP contribution in [0.5, 0.6) is 0 Å². The van der Waals surface area contributed by atoms with E-state index in [1.54, 1.807) is 18.2 Å². The number of benzene rings is 2. The maximum Gasteiger partial charge on any atom is 0.123 e. The molecule has 2 aromatic rings. The lowest BCUT2D eigenvalue weighted by molar-refractivity contribution is 0.545. The number of hydrogen-bond acceptors (Lipinski definition) is 1. The molecule has 0 saturated heterocycles. The molecule has 0 bridgehead atoms. The first-order valence-corrected chi connectivity index (χ1v) is 7.70. The van der Waals surface area contributed by atoms with Crippen LogP contribution in [0.4, 0.5) is 4.39 Å². The first-order valence-electron chi connectivity index (χ1n) is 6.95. The monoisotopic (exact) mass is 325 g/mol. The Morgan fingerprint density at radius 2 is 1.95 bits per heavy atom. The fourth-order valence-corrected chi connectivity index (χ4v) is 2.85. The highest BCUT2D eigenvalue weighted by atomic mass is 35.5. The second-order valence-electron chi connectivity index (χ2n) is 5.03. The molecule has 0 spiro atoms. The summed E-state index contributed by atoms with van der Waals surface area (Å²) in [5.41, 5.74) is 2.98. The third kappa shape index (κ3) is 3.97. The average Bonchev–Trinajstić information content (AvgIpc) is 2.45. The molecule has 0 heterocycles. The summed E-state index contributed by atoms with van der Waals surface area (Å²) in [6.45, 7) is 4.81. The van der Waals surface area contributed by atoms with Crippen LogP contribution in [-0.2, 0) is 6.42 Å². The second kappa shape index (κ2) is 7.26. The molecule has 4 heteroatoms. The fourth-order valence-electron chi connectivity index (χ4n) is 2.41. The Morgan fingerprint density at radius 3 is 2.67 bits per heavy atom. The highest BCUT2D eigenvalue weighted by Crippen LogP contribution is 2.32. The molecule has 0 aliphatic carbocycles. The highest BCUT2D eigenvalue weighted by molar-refractivity contribution is 6.42. The molecule has 112 valence electrons. The molecule has 0 saturated carbocycles. The predicted molar refractivity (Wildman–Crippen MR) is 87.7 cm³/mol. The van der Waals surface area contributed by atoms with Gasteiger partial charge in [-0.05, 0) is 54.8 Å². The Bertz CT molecular complexity index is 628. The van der Waals surface area contributed by atoms with Crippen molar-refractivity contribution in [1.82, 2.24) is 5.32 Å². The van der Waals surface area contributed by atoms with Gasteiger partial charge in [-0.2, -0.15) is 0 Å². The summed E-state index contributed by atoms with van der Waals surface area (Å²) in [4.78, 5) is 0. The molecule has 2 rings (SSSR count). The highest BCUT2D eigenvalue weighted by Gasteiger charge is 2.17. The van der Waals surface area contributed by atoms with Crippen LogP contribution in [0.25, 0.3) is 0 Å². The lowest BCUT2D eigenvalue weighted by Gasteiger charge is -2.21. The Morgan fingerprint density at radius 1 is 1.19 bits per heavy atom. The minimum atomic E-state index is -0.219. The van der Waals surface area contributed by atoms with E-state index in [-0.39, 0.29) is 11.9 Å². The zero-order valence-corrected chi connectivity index (χ0v) is 13.6. The van der Waals surface area contributed by atoms with Crippen molar-refractivity contribution in [3.63, 3.8) is 0 Å². The van der Waals surface area contributed by atoms with Crippen molar-refractivity contribution in [3.8, 4) is 0 Å². The van der Waals surface area contributed by atoms with Gasteiger partial charge in [0.1, 0.15) is 5.82 Å². The lowest BCUT2D eigenvalue weighted by Crippen LogP contribution is -2.23. The topological polar surface area (TPSA) is 12.0 Å². The Kier molecular flexibility index (Phi) is 5.63. The Labute approximate surface area is 135 Å². The molecule has 0 radical (unpaired) electrons. The zero-order chi connectivity index (χ0) is 15.4. The first-order chi connectivity index (χ1) is 10.0. The second-order valence-corrected chi connectivity index (χ2v) is 5.81. The molecule has 0 aromatic heterocycles. The van der Waals surface area contributed by atoms with E-state index in [0.29, 0.717) is 16.5 Å². The van der Waals surface area contributed by atoms with Crippen molar-refractivity contribution in [2.75, 3.05) is 6.54 Å². The van der Waals surface area contributed by atoms with Crippen molar-refractivity contribution >= 4 is 23.2 Å². The van der Waals surface area contributed by atoms with Crippen molar-refractivity contribution in [1.29, 1.82) is 0 Å². The van der Waals surface area contributed by atoms with Gasteiger partial charge in [0.25, 0.3) is 0 Å². The molecule has 1 atom stereocenters. The number of halogens is 3. The van der Waals surface area contributed by atoms with Gasteiger partial charge in [-0.15, -0.1) is 0 Å². The Balaban J connectivity index is 2.35. The van der Waals surface area contributed by atoms with Crippen LogP contribution in [-0.4, -0.2) is 6.54 Å². The van der Waals surface area contributed by atoms with Gasteiger partial charge in [-0.1, -0.05) is 48.3 Å². The van der Waals surface area contributed by atoms with E-state index in [1.807, 2.05) is 26.0 Å². The Hall–Kier alpha value is -1.09. The van der Waals surface area contributed by atoms with E-state index in [9.17, 15) is 4.39 Å². The van der Waals surface area contributed by atoms with E-state index in [4.69, 9.17) is 23.2 Å². The van der Waals surface area contributed by atoms with Gasteiger partial charge < -0.3 is 5.32 Å². The number of hydrogen-bond donors (Lipinski definition) is 1. The van der Waals surface area contributed by atoms with Gasteiger partial charge in [0.2, 0.25) is 0 Å². The molecule has 1 unspecified atom stereocenters. The number of rotatable bonds is 5. The molecule has 0 aliphatic rings. The van der Waals surface area contributed by atoms with E-state index in [1.165, 1.54) is 6.07 Å². The molecule has 0 fully saturated rings. The van der Waals surface area contributed by atoms with Gasteiger partial charge in [0.15, 0.2) is 0 Å². The zero-order valence-electron chi connectivity index (χ0n) is 12.1. The van der Waals surface area contributed by atoms with Crippen LogP contribution >= 0.6 is 23.2 Å². The SMILES string of the molecule is CCNC(Cc1cc(F)ccc1C)c1cccc(Cl)c1Cl. The molecule has 0 amide bonds. The summed E-state index contributed by atoms with van der Waals surface area (Å²) < 4.78 is 13.5. The molecule has 1 N–H and O–H groups in total. The average molecular weight is 326 g/mol. The third-order valence-corrected chi connectivity index (χ3v) is 4.38. The molecule has 2 aromatic carbocycles. The van der Waals surface area contributed by atoms with E-state index >= 15 is 0 Å². The summed E-state index contributed by atoms with van der Waals surface area (Å²) >= 11 is 12.4. The summed E-state index contributed by atoms with van der Waals surface area (Å²) in [7, 11) is 0. The smallest absolute Gasteiger partial charge is 0.123 e. The fraction of sp³-hybridized carbons (Fsp3) is 0.294. The van der Waals surface area contributed by atoms with E-state index < -0.39 is 0 Å². The van der Waals surface area contributed by atoms with Crippen LogP contribution < -0.4 is 5.32 Å². The number of likely N-dealkylation sites (N-methyl/N-ethyl adjacent to an activating group) is 1. The maximum atomic E-state index is 13.5. The quantitative estimate of drug-likeness (QED) is 0.782. The molecule has 0 aliphatic heterocycles. The van der Waals surface area contributed by atoms with Gasteiger partial charge in [-0.25, -0.2) is 4.39 Å². The summed E-state index contributed by atoms with van der Waals surface area (Å²) in [5.74, 6) is -0.219. The van der Waals surface area contributed by atoms with Crippen molar-refractivity contribution in [3.05, 3.63) is 69.0 Å². The third-order valence-electron chi connectivity index (χ3n) is 3.54. The lowest BCUT2D eigenvalue weighted by atomic mass is 9.96. The summed E-state index contributed by atoms with van der Waals surface area (Å²) in [5, 5.41) is 4.49. The summed E-state index contributed by atoms with van der Waals surface area (Å²) in [6, 6.07) is 10.5. The van der Waals surface area contributed by atoms with Gasteiger partial charge in [-0.3, -0.25) is 0 Å². The standard InChI is InChI=1S/C17H18Cl2FN/c1-3-21-16(14-5-4-6-15(18)17(14)19)10-12-9-13(20)8-7-11(12)2/h4-9,16,21H,3,10H2,1-2H3. The van der Waals surface area contributed by atoms with Gasteiger partial charge >= 0.3 is 0 Å². The van der Waals surface area contributed by atoms with Crippen LogP contribution in [0.3, 0.4) is 0 Å². The summed E-state index contributed by atoms with van der Waals surface area (Å²) in [6.07, 6.45) is 0.664. The molecular weight excluding hydrogens is 308 g/mol. The van der Waals surface area contributed by atoms with Crippen LogP contribution in [0.1, 0.15) is 29.7 Å². The van der Waals surface area contributed by atoms with Crippen LogP contribution in [0, 0.1) is 12.7 Å². The largest absolute Gasteiger partial charge is 0.310 e. The number of nitrogens with one attached hydrogen (secondary N) is 1. The van der Waals surface area contributed by atoms with Crippen molar-refractivity contribution < 1.29 is 4.39 Å². The van der Waals surface area contributed by atoms with E-state index in [0.717, 1.165) is 23.2 Å². The minimum absolute atomic E-state index is 0.00157. The van der Waals surface area contributed by atoms with Crippen molar-refractivity contribution in [2.24, 2.45) is 0 Å². The molecular formula is C17H18Cl2FN. The minimum Gasteiger partial charge on any atom is -0.310 e. The molecule has 21 heavy (non-hydrogen) atoms. The predicted octanol–water partition coefficient (Wildman–Crippen LogP) is 5.33. The van der Waals surface area contributed by atoms with Gasteiger partial charge in [0, 0.05) is 6.04 Å². The van der Waals surface area contributed by atoms with Crippen LogP contribution in [0.15, 0.2) is 36.4 Å². The van der Waals surface area contributed by atoms with Crippen molar-refractivity contribution in [2.45, 2.75) is 26.3 Å². The number of aryl methyl sites for hydroxylation is 1. The molecule has 1 nitrogen and oxygen atoms in total. The van der Waals surface area contributed by atoms with Crippen LogP contribution in [0.2, 0.25) is 10.0 Å². The van der Waals surface area contributed by atoms with E-state index in [2.05, 4.69) is 5.32 Å². The first kappa shape index (κ1) is 16.3. The normalized spacial score (nSPS) is 12.4. The van der Waals surface area contributed by atoms with Gasteiger partial charge in [0.05, 0.1) is 10.0 Å².